The van der Waals surface area contributed by atoms with E-state index in [0.717, 1.165) is 37.4 Å². The summed E-state index contributed by atoms with van der Waals surface area (Å²) in [6.45, 7) is 4.57. The van der Waals surface area contributed by atoms with Crippen molar-refractivity contribution in [2.75, 3.05) is 19.7 Å². The first kappa shape index (κ1) is 13.8. The number of hydrogen-bond donors (Lipinski definition) is 1. The summed E-state index contributed by atoms with van der Waals surface area (Å²) in [6.07, 6.45) is 0.852. The van der Waals surface area contributed by atoms with Crippen LogP contribution < -0.4 is 10.1 Å². The van der Waals surface area contributed by atoms with Crippen molar-refractivity contribution in [3.8, 4) is 5.75 Å². The van der Waals surface area contributed by atoms with E-state index in [9.17, 15) is 0 Å². The van der Waals surface area contributed by atoms with Crippen LogP contribution in [0.15, 0.2) is 48.5 Å². The van der Waals surface area contributed by atoms with E-state index in [1.54, 1.807) is 0 Å². The second-order valence-electron chi connectivity index (χ2n) is 6.23. The maximum atomic E-state index is 6.46. The van der Waals surface area contributed by atoms with Gasteiger partial charge < -0.3 is 14.8 Å². The molecule has 1 saturated heterocycles. The lowest BCUT2D eigenvalue weighted by Gasteiger charge is -2.39. The van der Waals surface area contributed by atoms with Crippen LogP contribution in [0.2, 0.25) is 0 Å². The van der Waals surface area contributed by atoms with Crippen LogP contribution >= 0.6 is 0 Å². The molecule has 0 saturated carbocycles. The molecule has 1 aliphatic carbocycles. The van der Waals surface area contributed by atoms with Crippen molar-refractivity contribution in [2.45, 2.75) is 25.0 Å². The number of hydrogen-bond acceptors (Lipinski definition) is 3. The van der Waals surface area contributed by atoms with E-state index in [1.807, 2.05) is 18.2 Å². The molecular weight excluding hydrogens is 274 g/mol. The molecule has 22 heavy (non-hydrogen) atoms. The Labute approximate surface area is 131 Å². The Kier molecular flexibility index (Phi) is 3.40. The third kappa shape index (κ3) is 2.21. The molecule has 2 aliphatic rings. The molecule has 1 aliphatic heterocycles. The molecular formula is C19H21NO2. The van der Waals surface area contributed by atoms with Gasteiger partial charge in [-0.15, -0.1) is 0 Å². The lowest BCUT2D eigenvalue weighted by Crippen LogP contribution is -2.53. The fourth-order valence-corrected chi connectivity index (χ4v) is 3.60. The topological polar surface area (TPSA) is 30.5 Å². The largest absolute Gasteiger partial charge is 0.482 e. The van der Waals surface area contributed by atoms with Gasteiger partial charge in [0, 0.05) is 19.5 Å². The van der Waals surface area contributed by atoms with Crippen molar-refractivity contribution in [1.29, 1.82) is 0 Å². The summed E-state index contributed by atoms with van der Waals surface area (Å²) in [5, 5.41) is 3.48. The first-order valence-corrected chi connectivity index (χ1v) is 7.93. The van der Waals surface area contributed by atoms with E-state index < -0.39 is 0 Å². The molecule has 0 amide bonds. The van der Waals surface area contributed by atoms with Gasteiger partial charge in [0.25, 0.3) is 0 Å². The van der Waals surface area contributed by atoms with E-state index in [-0.39, 0.29) is 11.7 Å². The minimum absolute atomic E-state index is 0.0578. The zero-order valence-electron chi connectivity index (χ0n) is 12.8. The number of rotatable bonds is 2. The highest BCUT2D eigenvalue weighted by Gasteiger charge is 2.50. The summed E-state index contributed by atoms with van der Waals surface area (Å²) < 4.78 is 12.7. The highest BCUT2D eigenvalue weighted by atomic mass is 16.6. The third-order valence-corrected chi connectivity index (χ3v) is 4.74. The molecule has 0 bridgehead atoms. The van der Waals surface area contributed by atoms with Crippen LogP contribution in [-0.2, 0) is 11.2 Å². The van der Waals surface area contributed by atoms with E-state index in [2.05, 4.69) is 42.6 Å². The fourth-order valence-electron chi connectivity index (χ4n) is 3.60. The van der Waals surface area contributed by atoms with Crippen molar-refractivity contribution in [1.82, 2.24) is 5.32 Å². The minimum Gasteiger partial charge on any atom is -0.482 e. The predicted molar refractivity (Wildman–Crippen MR) is 86.2 cm³/mol. The zero-order valence-corrected chi connectivity index (χ0v) is 12.8. The quantitative estimate of drug-likeness (QED) is 0.924. The van der Waals surface area contributed by atoms with Crippen molar-refractivity contribution in [2.24, 2.45) is 0 Å². The Hall–Kier alpha value is -1.84. The van der Waals surface area contributed by atoms with Crippen LogP contribution in [0, 0.1) is 6.92 Å². The summed E-state index contributed by atoms with van der Waals surface area (Å²) in [6, 6.07) is 16.7. The average molecular weight is 295 g/mol. The van der Waals surface area contributed by atoms with E-state index in [4.69, 9.17) is 9.47 Å². The lowest BCUT2D eigenvalue weighted by atomic mass is 9.95. The smallest absolute Gasteiger partial charge is 0.154 e. The molecule has 2 atom stereocenters. The normalized spacial score (nSPS) is 26.9. The Balaban J connectivity index is 1.74. The summed E-state index contributed by atoms with van der Waals surface area (Å²) in [7, 11) is 0. The van der Waals surface area contributed by atoms with Crippen LogP contribution in [0.4, 0.5) is 0 Å². The lowest BCUT2D eigenvalue weighted by molar-refractivity contribution is -0.121. The zero-order chi connectivity index (χ0) is 15.0. The number of para-hydroxylation sites is 1. The minimum atomic E-state index is -0.287. The van der Waals surface area contributed by atoms with Crippen molar-refractivity contribution in [3.05, 3.63) is 65.2 Å². The molecule has 1 fully saturated rings. The van der Waals surface area contributed by atoms with Crippen molar-refractivity contribution in [3.63, 3.8) is 0 Å². The van der Waals surface area contributed by atoms with E-state index >= 15 is 0 Å². The summed E-state index contributed by atoms with van der Waals surface area (Å²) in [5.41, 5.74) is 3.47. The van der Waals surface area contributed by atoms with Crippen LogP contribution in [-0.4, -0.2) is 25.3 Å². The fraction of sp³-hybridized carbons (Fsp3) is 0.368. The Morgan fingerprint density at radius 2 is 1.95 bits per heavy atom. The second-order valence-corrected chi connectivity index (χ2v) is 6.23. The van der Waals surface area contributed by atoms with Gasteiger partial charge >= 0.3 is 0 Å². The van der Waals surface area contributed by atoms with Gasteiger partial charge in [-0.25, -0.2) is 0 Å². The molecule has 3 nitrogen and oxygen atoms in total. The Morgan fingerprint density at radius 1 is 1.14 bits per heavy atom. The molecule has 0 unspecified atom stereocenters. The number of ether oxygens (including phenoxy) is 2. The van der Waals surface area contributed by atoms with Crippen LogP contribution in [0.5, 0.6) is 5.75 Å². The van der Waals surface area contributed by atoms with Crippen LogP contribution in [0.1, 0.15) is 22.8 Å². The number of fused-ring (bicyclic) bond motifs is 1. The molecule has 0 radical (unpaired) electrons. The highest BCUT2D eigenvalue weighted by Crippen LogP contribution is 2.45. The number of nitrogens with one attached hydrogen (secondary N) is 1. The van der Waals surface area contributed by atoms with E-state index in [1.165, 1.54) is 11.1 Å². The van der Waals surface area contributed by atoms with Gasteiger partial charge in [0.1, 0.15) is 11.4 Å². The molecule has 1 heterocycles. The van der Waals surface area contributed by atoms with Crippen molar-refractivity contribution >= 4 is 0 Å². The maximum Gasteiger partial charge on any atom is 0.154 e. The molecule has 1 N–H and O–H groups in total. The Bertz CT molecular complexity index is 677. The molecule has 3 heteroatoms. The second kappa shape index (κ2) is 5.41. The molecule has 0 aromatic heterocycles. The first-order chi connectivity index (χ1) is 10.8. The van der Waals surface area contributed by atoms with Crippen LogP contribution in [0.3, 0.4) is 0 Å². The highest BCUT2D eigenvalue weighted by molar-refractivity contribution is 5.41. The molecule has 2 aromatic rings. The van der Waals surface area contributed by atoms with Gasteiger partial charge in [0.2, 0.25) is 0 Å². The summed E-state index contributed by atoms with van der Waals surface area (Å²) >= 11 is 0. The summed E-state index contributed by atoms with van der Waals surface area (Å²) in [5.74, 6) is 0.942. The van der Waals surface area contributed by atoms with Gasteiger partial charge in [-0.1, -0.05) is 42.5 Å². The Morgan fingerprint density at radius 3 is 2.77 bits per heavy atom. The number of benzene rings is 2. The SMILES string of the molecule is Cc1ccccc1O[C@H]1c2ccccc2C[C@@]12CNCCO2. The van der Waals surface area contributed by atoms with Gasteiger partial charge in [-0.2, -0.15) is 0 Å². The molecule has 2 aromatic carbocycles. The average Bonchev–Trinajstić information content (AvgIpc) is 2.83. The van der Waals surface area contributed by atoms with Gasteiger partial charge in [-0.3, -0.25) is 0 Å². The van der Waals surface area contributed by atoms with Gasteiger partial charge in [0.05, 0.1) is 6.61 Å². The molecule has 1 spiro atoms. The van der Waals surface area contributed by atoms with Crippen molar-refractivity contribution < 1.29 is 9.47 Å². The number of morpholine rings is 1. The predicted octanol–water partition coefficient (Wildman–Crippen LogP) is 3.03. The third-order valence-electron chi connectivity index (χ3n) is 4.74. The molecule has 4 rings (SSSR count). The van der Waals surface area contributed by atoms with Crippen LogP contribution in [0.25, 0.3) is 0 Å². The first-order valence-electron chi connectivity index (χ1n) is 7.93. The number of aryl methyl sites for hydroxylation is 1. The summed E-state index contributed by atoms with van der Waals surface area (Å²) in [4.78, 5) is 0. The van der Waals surface area contributed by atoms with Gasteiger partial charge in [-0.05, 0) is 29.7 Å². The standard InChI is InChI=1S/C19H21NO2/c1-14-6-2-5-9-17(14)22-18-16-8-4-3-7-15(16)12-19(18)13-20-10-11-21-19/h2-9,18,20H,10-13H2,1H3/t18-,19+/m0/s1. The maximum absolute atomic E-state index is 6.46. The van der Waals surface area contributed by atoms with E-state index in [0.29, 0.717) is 0 Å². The molecule has 114 valence electrons. The monoisotopic (exact) mass is 295 g/mol. The van der Waals surface area contributed by atoms with Gasteiger partial charge in [0.15, 0.2) is 6.10 Å².